The number of nitrogens with one attached hydrogen (secondary N) is 1. The van der Waals surface area contributed by atoms with Gasteiger partial charge in [0, 0.05) is 19.5 Å². The van der Waals surface area contributed by atoms with Gasteiger partial charge in [0.25, 0.3) is 6.01 Å². The maximum atomic E-state index is 11.4. The van der Waals surface area contributed by atoms with Crippen LogP contribution in [-0.2, 0) is 4.79 Å². The van der Waals surface area contributed by atoms with Crippen LogP contribution in [0.4, 0.5) is 6.01 Å². The molecule has 0 spiro atoms. The molecule has 1 atom stereocenters. The van der Waals surface area contributed by atoms with E-state index in [1.54, 1.807) is 0 Å². The van der Waals surface area contributed by atoms with Crippen LogP contribution >= 0.6 is 0 Å². The lowest BCUT2D eigenvalue weighted by Crippen LogP contribution is -2.40. The third-order valence-electron chi connectivity index (χ3n) is 3.76. The molecule has 5 nitrogen and oxygen atoms in total. The molecule has 1 fully saturated rings. The zero-order chi connectivity index (χ0) is 13.9. The number of oxazole rings is 1. The van der Waals surface area contributed by atoms with E-state index in [9.17, 15) is 4.79 Å². The largest absolute Gasteiger partial charge is 0.423 e. The topological polar surface area (TPSA) is 58.4 Å². The Labute approximate surface area is 118 Å². The van der Waals surface area contributed by atoms with E-state index >= 15 is 0 Å². The highest BCUT2D eigenvalue weighted by Gasteiger charge is 2.28. The Hall–Kier alpha value is -2.04. The summed E-state index contributed by atoms with van der Waals surface area (Å²) in [6.45, 7) is 3.45. The molecule has 1 unspecified atom stereocenters. The number of rotatable bonds is 4. The fourth-order valence-electron chi connectivity index (χ4n) is 2.64. The second-order valence-corrected chi connectivity index (χ2v) is 5.11. The molecular formula is C15H19N3O2. The summed E-state index contributed by atoms with van der Waals surface area (Å²) < 4.78 is 5.82. The summed E-state index contributed by atoms with van der Waals surface area (Å²) in [6.07, 6.45) is 2.68. The molecule has 1 amide bonds. The lowest BCUT2D eigenvalue weighted by atomic mass is 10.2. The molecule has 20 heavy (non-hydrogen) atoms. The minimum Gasteiger partial charge on any atom is -0.423 e. The highest BCUT2D eigenvalue weighted by atomic mass is 16.4. The minimum absolute atomic E-state index is 0.0921. The summed E-state index contributed by atoms with van der Waals surface area (Å²) in [5.41, 5.74) is 1.69. The molecule has 0 radical (unpaired) electrons. The van der Waals surface area contributed by atoms with Crippen LogP contribution in [0.15, 0.2) is 28.7 Å². The van der Waals surface area contributed by atoms with Crippen molar-refractivity contribution in [2.75, 3.05) is 18.0 Å². The first-order chi connectivity index (χ1) is 9.78. The number of amides is 1. The number of hydrogen-bond acceptors (Lipinski definition) is 4. The molecule has 2 heterocycles. The number of nitrogens with zero attached hydrogens (tertiary/aromatic N) is 2. The van der Waals surface area contributed by atoms with E-state index in [-0.39, 0.29) is 11.9 Å². The SMILES string of the molecule is CCC(=O)NCC1CCCN1c1nc2ccccc2o1. The molecule has 0 saturated carbocycles. The molecule has 106 valence electrons. The van der Waals surface area contributed by atoms with E-state index in [0.717, 1.165) is 30.5 Å². The van der Waals surface area contributed by atoms with Gasteiger partial charge in [-0.2, -0.15) is 4.98 Å². The number of carbonyl (C=O) groups is 1. The van der Waals surface area contributed by atoms with Gasteiger partial charge in [0.2, 0.25) is 5.91 Å². The van der Waals surface area contributed by atoms with Gasteiger partial charge in [-0.05, 0) is 25.0 Å². The molecule has 1 N–H and O–H groups in total. The highest BCUT2D eigenvalue weighted by molar-refractivity contribution is 5.76. The van der Waals surface area contributed by atoms with Gasteiger partial charge in [0.15, 0.2) is 5.58 Å². The Morgan fingerprint density at radius 3 is 3.15 bits per heavy atom. The molecule has 1 aliphatic heterocycles. The van der Waals surface area contributed by atoms with Gasteiger partial charge in [-0.15, -0.1) is 0 Å². The Morgan fingerprint density at radius 2 is 2.35 bits per heavy atom. The second kappa shape index (κ2) is 5.53. The van der Waals surface area contributed by atoms with E-state index in [2.05, 4.69) is 15.2 Å². The van der Waals surface area contributed by atoms with Crippen molar-refractivity contribution in [3.8, 4) is 0 Å². The zero-order valence-corrected chi connectivity index (χ0v) is 11.6. The highest BCUT2D eigenvalue weighted by Crippen LogP contribution is 2.27. The van der Waals surface area contributed by atoms with Crippen LogP contribution in [0.1, 0.15) is 26.2 Å². The van der Waals surface area contributed by atoms with Crippen molar-refractivity contribution >= 4 is 23.0 Å². The molecule has 0 aliphatic carbocycles. The van der Waals surface area contributed by atoms with Crippen LogP contribution in [0.2, 0.25) is 0 Å². The van der Waals surface area contributed by atoms with Crippen molar-refractivity contribution in [2.45, 2.75) is 32.2 Å². The summed E-state index contributed by atoms with van der Waals surface area (Å²) >= 11 is 0. The number of fused-ring (bicyclic) bond motifs is 1. The van der Waals surface area contributed by atoms with Crippen LogP contribution in [0.25, 0.3) is 11.1 Å². The number of aromatic nitrogens is 1. The number of carbonyl (C=O) groups excluding carboxylic acids is 1. The fraction of sp³-hybridized carbons (Fsp3) is 0.467. The van der Waals surface area contributed by atoms with Crippen molar-refractivity contribution in [1.82, 2.24) is 10.3 Å². The van der Waals surface area contributed by atoms with Crippen LogP contribution < -0.4 is 10.2 Å². The number of hydrogen-bond donors (Lipinski definition) is 1. The molecule has 1 aromatic carbocycles. The Kier molecular flexibility index (Phi) is 3.58. The van der Waals surface area contributed by atoms with Gasteiger partial charge in [-0.25, -0.2) is 0 Å². The molecule has 1 aliphatic rings. The maximum absolute atomic E-state index is 11.4. The molecule has 2 aromatic rings. The number of benzene rings is 1. The quantitative estimate of drug-likeness (QED) is 0.928. The summed E-state index contributed by atoms with van der Waals surface area (Å²) in [6, 6.07) is 8.72. The average Bonchev–Trinajstić information content (AvgIpc) is 3.10. The number of para-hydroxylation sites is 2. The van der Waals surface area contributed by atoms with E-state index in [1.807, 2.05) is 31.2 Å². The van der Waals surface area contributed by atoms with Crippen molar-refractivity contribution < 1.29 is 9.21 Å². The summed E-state index contributed by atoms with van der Waals surface area (Å²) in [5, 5.41) is 2.96. The van der Waals surface area contributed by atoms with E-state index in [4.69, 9.17) is 4.42 Å². The predicted molar refractivity (Wildman–Crippen MR) is 77.7 cm³/mol. The molecule has 3 rings (SSSR count). The van der Waals surface area contributed by atoms with Gasteiger partial charge >= 0.3 is 0 Å². The monoisotopic (exact) mass is 273 g/mol. The first-order valence-electron chi connectivity index (χ1n) is 7.17. The lowest BCUT2D eigenvalue weighted by molar-refractivity contribution is -0.120. The zero-order valence-electron chi connectivity index (χ0n) is 11.6. The summed E-state index contributed by atoms with van der Waals surface area (Å²) in [4.78, 5) is 18.1. The Balaban J connectivity index is 1.75. The van der Waals surface area contributed by atoms with E-state index < -0.39 is 0 Å². The van der Waals surface area contributed by atoms with Crippen molar-refractivity contribution in [1.29, 1.82) is 0 Å². The van der Waals surface area contributed by atoms with Gasteiger partial charge < -0.3 is 14.6 Å². The Bertz CT molecular complexity index is 575. The van der Waals surface area contributed by atoms with Crippen molar-refractivity contribution in [3.05, 3.63) is 24.3 Å². The van der Waals surface area contributed by atoms with E-state index in [0.29, 0.717) is 19.0 Å². The van der Waals surface area contributed by atoms with Gasteiger partial charge in [0.1, 0.15) is 5.52 Å². The van der Waals surface area contributed by atoms with Crippen molar-refractivity contribution in [3.63, 3.8) is 0 Å². The molecule has 0 bridgehead atoms. The van der Waals surface area contributed by atoms with Gasteiger partial charge in [-0.1, -0.05) is 19.1 Å². The van der Waals surface area contributed by atoms with Crippen molar-refractivity contribution in [2.24, 2.45) is 0 Å². The van der Waals surface area contributed by atoms with Crippen LogP contribution in [0.3, 0.4) is 0 Å². The van der Waals surface area contributed by atoms with Gasteiger partial charge in [-0.3, -0.25) is 4.79 Å². The van der Waals surface area contributed by atoms with E-state index in [1.165, 1.54) is 0 Å². The molecule has 5 heteroatoms. The lowest BCUT2D eigenvalue weighted by Gasteiger charge is -2.22. The first kappa shape index (κ1) is 13.0. The fourth-order valence-corrected chi connectivity index (χ4v) is 2.64. The summed E-state index contributed by atoms with van der Waals surface area (Å²) in [5.74, 6) is 0.0921. The average molecular weight is 273 g/mol. The number of anilines is 1. The van der Waals surface area contributed by atoms with Crippen LogP contribution in [0.5, 0.6) is 0 Å². The third kappa shape index (κ3) is 2.48. The van der Waals surface area contributed by atoms with Gasteiger partial charge in [0.05, 0.1) is 6.04 Å². The summed E-state index contributed by atoms with van der Waals surface area (Å²) in [7, 11) is 0. The smallest absolute Gasteiger partial charge is 0.298 e. The van der Waals surface area contributed by atoms with Crippen LogP contribution in [0, 0.1) is 0 Å². The minimum atomic E-state index is 0.0921. The molecule has 1 aromatic heterocycles. The molecular weight excluding hydrogens is 254 g/mol. The second-order valence-electron chi connectivity index (χ2n) is 5.11. The maximum Gasteiger partial charge on any atom is 0.298 e. The first-order valence-corrected chi connectivity index (χ1v) is 7.17. The normalized spacial score (nSPS) is 18.6. The van der Waals surface area contributed by atoms with Crippen LogP contribution in [-0.4, -0.2) is 30.0 Å². The standard InChI is InChI=1S/C15H19N3O2/c1-2-14(19)16-10-11-6-5-9-18(11)15-17-12-7-3-4-8-13(12)20-15/h3-4,7-8,11H,2,5-6,9-10H2,1H3,(H,16,19). The Morgan fingerprint density at radius 1 is 1.50 bits per heavy atom. The third-order valence-corrected chi connectivity index (χ3v) is 3.76. The molecule has 1 saturated heterocycles. The predicted octanol–water partition coefficient (Wildman–Crippen LogP) is 2.32.